The Morgan fingerprint density at radius 1 is 0.778 bits per heavy atom. The highest BCUT2D eigenvalue weighted by atomic mass is 16.7. The van der Waals surface area contributed by atoms with E-state index in [1.54, 1.807) is 0 Å². The van der Waals surface area contributed by atoms with Crippen molar-refractivity contribution in [2.75, 3.05) is 13.2 Å². The van der Waals surface area contributed by atoms with Crippen molar-refractivity contribution in [2.45, 2.75) is 106 Å². The van der Waals surface area contributed by atoms with Gasteiger partial charge in [-0.25, -0.2) is 0 Å². The molecule has 0 spiro atoms. The van der Waals surface area contributed by atoms with Crippen LogP contribution >= 0.6 is 0 Å². The summed E-state index contributed by atoms with van der Waals surface area (Å²) in [6.07, 6.45) is -21.5. The first-order chi connectivity index (χ1) is 16.9. The van der Waals surface area contributed by atoms with Gasteiger partial charge in [0.05, 0.1) is 19.3 Å². The van der Waals surface area contributed by atoms with Crippen LogP contribution in [-0.2, 0) is 28.5 Å². The zero-order valence-electron chi connectivity index (χ0n) is 19.5. The average molecular weight is 529 g/mol. The van der Waals surface area contributed by atoms with Gasteiger partial charge in [-0.05, 0) is 6.92 Å². The van der Waals surface area contributed by atoms with Crippen LogP contribution in [0.2, 0.25) is 0 Å². The zero-order valence-corrected chi connectivity index (χ0v) is 19.5. The molecule has 15 unspecified atom stereocenters. The van der Waals surface area contributed by atoms with Gasteiger partial charge in [0.1, 0.15) is 67.1 Å². The van der Waals surface area contributed by atoms with Crippen molar-refractivity contribution >= 4 is 5.91 Å². The normalized spacial score (nSPS) is 50.0. The van der Waals surface area contributed by atoms with Gasteiger partial charge in [0.25, 0.3) is 0 Å². The fourth-order valence-corrected chi connectivity index (χ4v) is 4.30. The molecule has 10 N–H and O–H groups in total. The number of carbonyl (C=O) groups is 1. The van der Waals surface area contributed by atoms with Crippen LogP contribution < -0.4 is 5.32 Å². The summed E-state index contributed by atoms with van der Waals surface area (Å²) in [6, 6.07) is -1.36. The summed E-state index contributed by atoms with van der Waals surface area (Å²) in [5, 5.41) is 93.2. The average Bonchev–Trinajstić information content (AvgIpc) is 2.83. The van der Waals surface area contributed by atoms with E-state index < -0.39 is 111 Å². The Morgan fingerprint density at radius 3 is 2.00 bits per heavy atom. The molecule has 0 bridgehead atoms. The minimum absolute atomic E-state index is 0.570. The molecule has 36 heavy (non-hydrogen) atoms. The molecule has 16 nitrogen and oxygen atoms in total. The third-order valence-electron chi connectivity index (χ3n) is 6.44. The Kier molecular flexibility index (Phi) is 9.97. The van der Waals surface area contributed by atoms with Crippen molar-refractivity contribution < 1.29 is 74.4 Å². The summed E-state index contributed by atoms with van der Waals surface area (Å²) in [6.45, 7) is 1.29. The third-order valence-corrected chi connectivity index (χ3v) is 6.44. The van der Waals surface area contributed by atoms with Crippen LogP contribution in [0, 0.1) is 0 Å². The maximum atomic E-state index is 11.7. The quantitative estimate of drug-likeness (QED) is 0.147. The van der Waals surface area contributed by atoms with Gasteiger partial charge in [-0.1, -0.05) is 0 Å². The van der Waals surface area contributed by atoms with Crippen LogP contribution in [0.25, 0.3) is 0 Å². The van der Waals surface area contributed by atoms with Crippen molar-refractivity contribution in [1.29, 1.82) is 0 Å². The second-order valence-corrected chi connectivity index (χ2v) is 9.09. The molecule has 0 aromatic carbocycles. The van der Waals surface area contributed by atoms with Gasteiger partial charge in [0.15, 0.2) is 18.9 Å². The Balaban J connectivity index is 1.73. The molecule has 0 saturated carbocycles. The first-order valence-corrected chi connectivity index (χ1v) is 11.4. The van der Waals surface area contributed by atoms with Gasteiger partial charge in [-0.15, -0.1) is 0 Å². The van der Waals surface area contributed by atoms with Crippen LogP contribution in [0.1, 0.15) is 13.8 Å². The lowest BCUT2D eigenvalue weighted by Crippen LogP contribution is -2.67. The Hall–Kier alpha value is -1.09. The first-order valence-electron chi connectivity index (χ1n) is 11.4. The molecule has 3 rings (SSSR count). The highest BCUT2D eigenvalue weighted by Gasteiger charge is 2.51. The molecule has 0 aromatic rings. The molecular weight excluding hydrogens is 494 g/mol. The number of rotatable bonds is 7. The predicted molar refractivity (Wildman–Crippen MR) is 111 cm³/mol. The molecule has 0 aliphatic carbocycles. The predicted octanol–water partition coefficient (Wildman–Crippen LogP) is -6.40. The van der Waals surface area contributed by atoms with Crippen molar-refractivity contribution in [3.05, 3.63) is 0 Å². The minimum atomic E-state index is -1.76. The van der Waals surface area contributed by atoms with E-state index in [0.717, 1.165) is 6.92 Å². The van der Waals surface area contributed by atoms with Gasteiger partial charge in [0.2, 0.25) is 5.91 Å². The smallest absolute Gasteiger partial charge is 0.217 e. The summed E-state index contributed by atoms with van der Waals surface area (Å²) in [5.74, 6) is -0.617. The molecule has 0 aromatic heterocycles. The fraction of sp³-hybridized carbons (Fsp3) is 0.950. The summed E-state index contributed by atoms with van der Waals surface area (Å²) < 4.78 is 27.0. The van der Waals surface area contributed by atoms with Crippen LogP contribution in [-0.4, -0.2) is 157 Å². The lowest BCUT2D eigenvalue weighted by Gasteiger charge is -2.47. The number of amides is 1. The second-order valence-electron chi connectivity index (χ2n) is 9.09. The lowest BCUT2D eigenvalue weighted by atomic mass is 9.95. The highest BCUT2D eigenvalue weighted by molar-refractivity contribution is 5.73. The van der Waals surface area contributed by atoms with Gasteiger partial charge < -0.3 is 75.0 Å². The fourth-order valence-electron chi connectivity index (χ4n) is 4.30. The topological polar surface area (TPSA) is 257 Å². The van der Waals surface area contributed by atoms with E-state index in [1.807, 2.05) is 0 Å². The summed E-state index contributed by atoms with van der Waals surface area (Å²) >= 11 is 0. The minimum Gasteiger partial charge on any atom is -0.394 e. The van der Waals surface area contributed by atoms with Crippen LogP contribution in [0.4, 0.5) is 0 Å². The van der Waals surface area contributed by atoms with E-state index in [1.165, 1.54) is 6.92 Å². The molecule has 3 heterocycles. The number of carbonyl (C=O) groups excluding carboxylic acids is 1. The molecule has 1 amide bonds. The van der Waals surface area contributed by atoms with Crippen LogP contribution in [0.5, 0.6) is 0 Å². The number of aliphatic hydroxyl groups excluding tert-OH is 9. The molecule has 210 valence electrons. The van der Waals surface area contributed by atoms with Gasteiger partial charge in [-0.3, -0.25) is 4.79 Å². The number of nitrogens with one attached hydrogen (secondary N) is 1. The van der Waals surface area contributed by atoms with Crippen molar-refractivity contribution in [3.63, 3.8) is 0 Å². The van der Waals surface area contributed by atoms with Gasteiger partial charge >= 0.3 is 0 Å². The lowest BCUT2D eigenvalue weighted by molar-refractivity contribution is -0.345. The van der Waals surface area contributed by atoms with E-state index in [-0.39, 0.29) is 0 Å². The molecular formula is C20H35NO15. The maximum absolute atomic E-state index is 11.7. The van der Waals surface area contributed by atoms with Crippen molar-refractivity contribution in [2.24, 2.45) is 0 Å². The maximum Gasteiger partial charge on any atom is 0.217 e. The summed E-state index contributed by atoms with van der Waals surface area (Å²) in [5.41, 5.74) is 0. The first kappa shape index (κ1) is 29.5. The second kappa shape index (κ2) is 12.2. The van der Waals surface area contributed by atoms with Crippen LogP contribution in [0.3, 0.4) is 0 Å². The third kappa shape index (κ3) is 6.13. The summed E-state index contributed by atoms with van der Waals surface area (Å²) in [7, 11) is 0. The SMILES string of the molecule is CC(=O)NC1C(O)OC(COC2OC(CO)C(O)C(O)C2O)C(O)C1OC1OC(C)C(O)C(O)C1O. The Labute approximate surface area is 205 Å². The van der Waals surface area contributed by atoms with E-state index >= 15 is 0 Å². The zero-order chi connectivity index (χ0) is 26.9. The molecule has 3 aliphatic rings. The Bertz CT molecular complexity index is 729. The number of hydrogen-bond donors (Lipinski definition) is 10. The number of aliphatic hydroxyl groups is 9. The summed E-state index contributed by atoms with van der Waals surface area (Å²) in [4.78, 5) is 11.7. The van der Waals surface area contributed by atoms with Crippen molar-refractivity contribution in [3.8, 4) is 0 Å². The standard InChI is InChI=1S/C20H35NO15/c1-5-10(24)13(27)16(30)20(33-5)36-17-9(21-6(2)23)18(31)34-8(12(17)26)4-32-19-15(29)14(28)11(25)7(3-22)35-19/h5,7-20,22,24-31H,3-4H2,1-2H3,(H,21,23). The molecule has 15 atom stereocenters. The van der Waals surface area contributed by atoms with Gasteiger partial charge in [0, 0.05) is 6.92 Å². The van der Waals surface area contributed by atoms with E-state index in [2.05, 4.69) is 5.32 Å². The monoisotopic (exact) mass is 529 g/mol. The number of ether oxygens (including phenoxy) is 5. The van der Waals surface area contributed by atoms with Crippen molar-refractivity contribution in [1.82, 2.24) is 5.32 Å². The Morgan fingerprint density at radius 2 is 1.39 bits per heavy atom. The molecule has 3 aliphatic heterocycles. The van der Waals surface area contributed by atoms with E-state index in [9.17, 15) is 50.8 Å². The molecule has 3 fully saturated rings. The molecule has 3 saturated heterocycles. The number of hydrogen-bond acceptors (Lipinski definition) is 15. The van der Waals surface area contributed by atoms with E-state index in [4.69, 9.17) is 23.7 Å². The van der Waals surface area contributed by atoms with Gasteiger partial charge in [-0.2, -0.15) is 0 Å². The largest absolute Gasteiger partial charge is 0.394 e. The molecule has 16 heteroatoms. The molecule has 0 radical (unpaired) electrons. The van der Waals surface area contributed by atoms with E-state index in [0.29, 0.717) is 0 Å². The van der Waals surface area contributed by atoms with Crippen LogP contribution in [0.15, 0.2) is 0 Å². The highest BCUT2D eigenvalue weighted by Crippen LogP contribution is 2.30.